The highest BCUT2D eigenvalue weighted by molar-refractivity contribution is 6.00. The normalized spacial score (nSPS) is 15.7. The zero-order valence-electron chi connectivity index (χ0n) is 24.6. The Morgan fingerprint density at radius 3 is 2.71 bits per heavy atom. The van der Waals surface area contributed by atoms with Gasteiger partial charge in [0.05, 0.1) is 76.7 Å². The number of hydrogen-bond acceptors (Lipinski definition) is 10. The quantitative estimate of drug-likeness (QED) is 0.176. The van der Waals surface area contributed by atoms with E-state index >= 15 is 0 Å². The van der Waals surface area contributed by atoms with Gasteiger partial charge in [-0.3, -0.25) is 9.78 Å². The summed E-state index contributed by atoms with van der Waals surface area (Å²) >= 11 is 0. The molecule has 15 heteroatoms. The van der Waals surface area contributed by atoms with Crippen LogP contribution in [0.5, 0.6) is 0 Å². The Hall–Kier alpha value is -5.33. The van der Waals surface area contributed by atoms with Crippen molar-refractivity contribution >= 4 is 34.7 Å². The molecule has 2 amide bonds. The highest BCUT2D eigenvalue weighted by Crippen LogP contribution is 2.28. The molecule has 4 aromatic rings. The number of carbonyl (C=O) groups excluding carboxylic acids is 1. The highest BCUT2D eigenvalue weighted by Gasteiger charge is 2.27. The van der Waals surface area contributed by atoms with E-state index in [9.17, 15) is 24.3 Å². The summed E-state index contributed by atoms with van der Waals surface area (Å²) in [5, 5.41) is 40.5. The van der Waals surface area contributed by atoms with Gasteiger partial charge >= 0.3 is 6.09 Å². The van der Waals surface area contributed by atoms with Gasteiger partial charge in [-0.1, -0.05) is 0 Å². The molecule has 5 rings (SSSR count). The molecule has 4 aromatic heterocycles. The number of ether oxygens (including phenoxy) is 1. The Morgan fingerprint density at radius 2 is 2.00 bits per heavy atom. The van der Waals surface area contributed by atoms with E-state index in [2.05, 4.69) is 37.1 Å². The molecule has 2 unspecified atom stereocenters. The molecule has 2 atom stereocenters. The number of nitriles is 1. The van der Waals surface area contributed by atoms with E-state index in [4.69, 9.17) is 9.84 Å². The minimum Gasteiger partial charge on any atom is -0.465 e. The largest absolute Gasteiger partial charge is 0.465 e. The average Bonchev–Trinajstić information content (AvgIpc) is 3.46. The maximum Gasteiger partial charge on any atom is 0.404 e. The summed E-state index contributed by atoms with van der Waals surface area (Å²) in [6, 6.07) is 12.6. The number of pyridine rings is 2. The van der Waals surface area contributed by atoms with Crippen LogP contribution in [0.25, 0.3) is 16.9 Å². The standard InChI is InChI=1S/C30H32FN9O5/c1-30(2,44)26(31)16-35-28(41)22-15-33-24(25-5-4-20-9-18(11-32)12-37-40(20)25)10-23(22)38-19-3-6-27(34-13-19)39-7-8-45-21(17-39)14-36-29(42)43/h3-6,9-10,12-13,15,21,26,36,44H,7-8,14,16-17H2,1-2H3,(H,33,38)(H,35,41)(H,42,43). The van der Waals surface area contributed by atoms with Gasteiger partial charge in [-0.05, 0) is 50.2 Å². The molecule has 1 fully saturated rings. The number of anilines is 3. The third kappa shape index (κ3) is 7.43. The average molecular weight is 618 g/mol. The van der Waals surface area contributed by atoms with Crippen molar-refractivity contribution in [2.75, 3.05) is 43.0 Å². The van der Waals surface area contributed by atoms with Gasteiger partial charge in [0.1, 0.15) is 18.1 Å². The van der Waals surface area contributed by atoms with Gasteiger partial charge in [0.2, 0.25) is 0 Å². The molecule has 234 valence electrons. The van der Waals surface area contributed by atoms with E-state index < -0.39 is 30.3 Å². The van der Waals surface area contributed by atoms with E-state index in [1.54, 1.807) is 47.1 Å². The van der Waals surface area contributed by atoms with Crippen molar-refractivity contribution in [1.29, 1.82) is 5.26 Å². The number of aliphatic hydroxyl groups is 1. The molecule has 1 aliphatic heterocycles. The molecule has 0 saturated carbocycles. The number of hydrogen-bond donors (Lipinski definition) is 5. The van der Waals surface area contributed by atoms with Crippen molar-refractivity contribution < 1.29 is 28.9 Å². The first-order valence-corrected chi connectivity index (χ1v) is 14.1. The number of fused-ring (bicyclic) bond motifs is 1. The maximum atomic E-state index is 14.4. The molecule has 1 aliphatic rings. The lowest BCUT2D eigenvalue weighted by atomic mass is 10.0. The summed E-state index contributed by atoms with van der Waals surface area (Å²) in [6.45, 7) is 3.85. The SMILES string of the molecule is CC(C)(O)C(F)CNC(=O)c1cnc(-c2ccc3cc(C#N)cnn23)cc1Nc1ccc(N2CCOC(CNC(=O)O)C2)nc1. The Labute approximate surface area is 257 Å². The van der Waals surface area contributed by atoms with Crippen LogP contribution in [0.3, 0.4) is 0 Å². The van der Waals surface area contributed by atoms with Crippen LogP contribution in [0.15, 0.2) is 55.0 Å². The van der Waals surface area contributed by atoms with Gasteiger partial charge in [0, 0.05) is 25.8 Å². The van der Waals surface area contributed by atoms with Crippen LogP contribution in [0.1, 0.15) is 29.8 Å². The van der Waals surface area contributed by atoms with Crippen LogP contribution < -0.4 is 20.9 Å². The molecule has 0 aliphatic carbocycles. The molecular weight excluding hydrogens is 585 g/mol. The van der Waals surface area contributed by atoms with Gasteiger partial charge in [-0.15, -0.1) is 0 Å². The van der Waals surface area contributed by atoms with Crippen LogP contribution in [0.4, 0.5) is 26.4 Å². The lowest BCUT2D eigenvalue weighted by Gasteiger charge is -2.33. The Kier molecular flexibility index (Phi) is 9.07. The number of morpholine rings is 1. The van der Waals surface area contributed by atoms with Crippen molar-refractivity contribution in [3.05, 3.63) is 66.1 Å². The van der Waals surface area contributed by atoms with Crippen molar-refractivity contribution in [2.24, 2.45) is 0 Å². The lowest BCUT2D eigenvalue weighted by Crippen LogP contribution is -2.47. The molecule has 45 heavy (non-hydrogen) atoms. The number of amides is 2. The van der Waals surface area contributed by atoms with Crippen LogP contribution in [0, 0.1) is 11.3 Å². The fraction of sp³-hybridized carbons (Fsp3) is 0.333. The van der Waals surface area contributed by atoms with Gasteiger partial charge in [-0.2, -0.15) is 10.4 Å². The number of carboxylic acid groups (broad SMARTS) is 1. The Balaban J connectivity index is 1.40. The number of rotatable bonds is 10. The van der Waals surface area contributed by atoms with Crippen LogP contribution >= 0.6 is 0 Å². The van der Waals surface area contributed by atoms with Crippen molar-refractivity contribution in [3.63, 3.8) is 0 Å². The summed E-state index contributed by atoms with van der Waals surface area (Å²) in [5.74, 6) is 0.0693. The van der Waals surface area contributed by atoms with Crippen LogP contribution in [-0.4, -0.2) is 92.5 Å². The fourth-order valence-corrected chi connectivity index (χ4v) is 4.72. The number of halogens is 1. The monoisotopic (exact) mass is 617 g/mol. The molecule has 1 saturated heterocycles. The minimum absolute atomic E-state index is 0.133. The molecule has 14 nitrogen and oxygen atoms in total. The van der Waals surface area contributed by atoms with Gasteiger partial charge < -0.3 is 35.8 Å². The summed E-state index contributed by atoms with van der Waals surface area (Å²) in [7, 11) is 0. The number of alkyl halides is 1. The topological polar surface area (TPSA) is 190 Å². The van der Waals surface area contributed by atoms with E-state index in [1.165, 1.54) is 26.2 Å². The second-order valence-electron chi connectivity index (χ2n) is 11.0. The Bertz CT molecular complexity index is 1730. The summed E-state index contributed by atoms with van der Waals surface area (Å²) in [6.07, 6.45) is 1.28. The predicted molar refractivity (Wildman–Crippen MR) is 162 cm³/mol. The Morgan fingerprint density at radius 1 is 1.18 bits per heavy atom. The zero-order chi connectivity index (χ0) is 32.1. The lowest BCUT2D eigenvalue weighted by molar-refractivity contribution is -0.00178. The number of carbonyl (C=O) groups is 2. The predicted octanol–water partition coefficient (Wildman–Crippen LogP) is 2.72. The number of aromatic nitrogens is 4. The number of nitrogens with one attached hydrogen (secondary N) is 3. The second kappa shape index (κ2) is 13.1. The van der Waals surface area contributed by atoms with Crippen molar-refractivity contribution in [3.8, 4) is 17.5 Å². The molecule has 0 aromatic carbocycles. The van der Waals surface area contributed by atoms with E-state index in [1.807, 2.05) is 4.90 Å². The molecule has 0 radical (unpaired) electrons. The van der Waals surface area contributed by atoms with Crippen LogP contribution in [0.2, 0.25) is 0 Å². The van der Waals surface area contributed by atoms with Crippen molar-refractivity contribution in [2.45, 2.75) is 31.7 Å². The first-order valence-electron chi connectivity index (χ1n) is 14.1. The fourth-order valence-electron chi connectivity index (χ4n) is 4.72. The van der Waals surface area contributed by atoms with Gasteiger partial charge in [0.15, 0.2) is 0 Å². The summed E-state index contributed by atoms with van der Waals surface area (Å²) in [5.41, 5.74) is 1.60. The molecule has 5 N–H and O–H groups in total. The van der Waals surface area contributed by atoms with Crippen LogP contribution in [-0.2, 0) is 4.74 Å². The highest BCUT2D eigenvalue weighted by atomic mass is 19.1. The number of nitrogens with zero attached hydrogens (tertiary/aromatic N) is 6. The summed E-state index contributed by atoms with van der Waals surface area (Å²) in [4.78, 5) is 35.1. The second-order valence-corrected chi connectivity index (χ2v) is 11.0. The van der Waals surface area contributed by atoms with Gasteiger partial charge in [-0.25, -0.2) is 18.7 Å². The minimum atomic E-state index is -1.70. The molecular formula is C30H32FN9O5. The van der Waals surface area contributed by atoms with Gasteiger partial charge in [0.25, 0.3) is 5.91 Å². The first kappa shape index (κ1) is 31.1. The van der Waals surface area contributed by atoms with Crippen molar-refractivity contribution in [1.82, 2.24) is 30.2 Å². The maximum absolute atomic E-state index is 14.4. The third-order valence-corrected chi connectivity index (χ3v) is 7.22. The smallest absolute Gasteiger partial charge is 0.404 e. The first-order chi connectivity index (χ1) is 21.5. The third-order valence-electron chi connectivity index (χ3n) is 7.22. The molecule has 0 spiro atoms. The van der Waals surface area contributed by atoms with E-state index in [0.29, 0.717) is 59.4 Å². The molecule has 0 bridgehead atoms. The van der Waals surface area contributed by atoms with E-state index in [-0.39, 0.29) is 18.2 Å². The van der Waals surface area contributed by atoms with E-state index in [0.717, 1.165) is 0 Å². The summed E-state index contributed by atoms with van der Waals surface area (Å²) < 4.78 is 21.7. The zero-order valence-corrected chi connectivity index (χ0v) is 24.6. The molecule has 5 heterocycles.